The lowest BCUT2D eigenvalue weighted by molar-refractivity contribution is -0.137. The number of hydrogen-bond donors (Lipinski definition) is 1. The molecule has 2 aromatic rings. The van der Waals surface area contributed by atoms with Crippen LogP contribution in [0.25, 0.3) is 0 Å². The molecule has 0 heterocycles. The van der Waals surface area contributed by atoms with Gasteiger partial charge >= 0.3 is 6.18 Å². The summed E-state index contributed by atoms with van der Waals surface area (Å²) < 4.78 is 37.4. The molecule has 2 aromatic carbocycles. The molecular formula is C15H14F3NS. The smallest absolute Gasteiger partial charge is 0.323 e. The van der Waals surface area contributed by atoms with Gasteiger partial charge < -0.3 is 5.73 Å². The summed E-state index contributed by atoms with van der Waals surface area (Å²) in [6.07, 6.45) is -4.30. The van der Waals surface area contributed by atoms with E-state index >= 15 is 0 Å². The fourth-order valence-corrected chi connectivity index (χ4v) is 2.63. The molecule has 0 amide bonds. The highest BCUT2D eigenvalue weighted by Crippen LogP contribution is 2.30. The second kappa shape index (κ2) is 6.33. The van der Waals surface area contributed by atoms with Gasteiger partial charge in [0.1, 0.15) is 0 Å². The van der Waals surface area contributed by atoms with Crippen molar-refractivity contribution < 1.29 is 13.2 Å². The van der Waals surface area contributed by atoms with Gasteiger partial charge in [-0.25, -0.2) is 0 Å². The molecule has 0 aliphatic rings. The first kappa shape index (κ1) is 14.9. The Morgan fingerprint density at radius 1 is 0.950 bits per heavy atom. The maximum Gasteiger partial charge on any atom is 0.416 e. The molecule has 1 unspecified atom stereocenters. The molecule has 0 bridgehead atoms. The molecule has 1 nitrogen and oxygen atoms in total. The van der Waals surface area contributed by atoms with Gasteiger partial charge in [0.15, 0.2) is 0 Å². The van der Waals surface area contributed by atoms with Crippen molar-refractivity contribution in [1.29, 1.82) is 0 Å². The molecule has 20 heavy (non-hydrogen) atoms. The van der Waals surface area contributed by atoms with Gasteiger partial charge in [-0.3, -0.25) is 0 Å². The highest BCUT2D eigenvalue weighted by atomic mass is 32.2. The van der Waals surface area contributed by atoms with Gasteiger partial charge in [0.25, 0.3) is 0 Å². The Kier molecular flexibility index (Phi) is 4.73. The van der Waals surface area contributed by atoms with E-state index in [1.807, 2.05) is 30.3 Å². The lowest BCUT2D eigenvalue weighted by atomic mass is 10.1. The minimum atomic E-state index is -4.30. The van der Waals surface area contributed by atoms with Crippen LogP contribution in [0.3, 0.4) is 0 Å². The van der Waals surface area contributed by atoms with Crippen LogP contribution in [0.4, 0.5) is 13.2 Å². The molecule has 2 rings (SSSR count). The first-order chi connectivity index (χ1) is 9.47. The standard InChI is InChI=1S/C15H14F3NS/c16-15(17,18)12-8-6-11(7-9-12)14(19)10-20-13-4-2-1-3-5-13/h1-9,14H,10,19H2. The first-order valence-corrected chi connectivity index (χ1v) is 7.06. The molecule has 1 atom stereocenters. The zero-order valence-electron chi connectivity index (χ0n) is 10.6. The maximum atomic E-state index is 12.5. The zero-order valence-corrected chi connectivity index (χ0v) is 11.4. The van der Waals surface area contributed by atoms with Gasteiger partial charge in [-0.15, -0.1) is 11.8 Å². The van der Waals surface area contributed by atoms with E-state index in [2.05, 4.69) is 0 Å². The minimum absolute atomic E-state index is 0.289. The number of benzene rings is 2. The van der Waals surface area contributed by atoms with Crippen molar-refractivity contribution in [2.45, 2.75) is 17.1 Å². The van der Waals surface area contributed by atoms with E-state index in [9.17, 15) is 13.2 Å². The topological polar surface area (TPSA) is 26.0 Å². The van der Waals surface area contributed by atoms with E-state index in [-0.39, 0.29) is 6.04 Å². The second-order valence-electron chi connectivity index (χ2n) is 4.35. The van der Waals surface area contributed by atoms with E-state index in [1.54, 1.807) is 11.8 Å². The third kappa shape index (κ3) is 4.02. The van der Waals surface area contributed by atoms with Gasteiger partial charge in [0.05, 0.1) is 5.56 Å². The van der Waals surface area contributed by atoms with Crippen LogP contribution in [0.1, 0.15) is 17.2 Å². The number of thioether (sulfide) groups is 1. The Bertz CT molecular complexity index is 537. The van der Waals surface area contributed by atoms with Crippen LogP contribution in [0.2, 0.25) is 0 Å². The molecule has 5 heteroatoms. The van der Waals surface area contributed by atoms with Crippen molar-refractivity contribution in [2.75, 3.05) is 5.75 Å². The van der Waals surface area contributed by atoms with Gasteiger partial charge in [-0.05, 0) is 29.8 Å². The average molecular weight is 297 g/mol. The van der Waals surface area contributed by atoms with E-state index in [1.165, 1.54) is 12.1 Å². The van der Waals surface area contributed by atoms with Crippen molar-refractivity contribution in [1.82, 2.24) is 0 Å². The molecule has 0 spiro atoms. The first-order valence-electron chi connectivity index (χ1n) is 6.07. The number of nitrogens with two attached hydrogens (primary N) is 1. The summed E-state index contributed by atoms with van der Waals surface area (Å²) in [5.41, 5.74) is 6.06. The van der Waals surface area contributed by atoms with E-state index in [0.717, 1.165) is 17.0 Å². The average Bonchev–Trinajstić information content (AvgIpc) is 2.45. The van der Waals surface area contributed by atoms with E-state index < -0.39 is 11.7 Å². The van der Waals surface area contributed by atoms with E-state index in [0.29, 0.717) is 11.3 Å². The Morgan fingerprint density at radius 2 is 1.55 bits per heavy atom. The summed E-state index contributed by atoms with van der Waals surface area (Å²) in [5.74, 6) is 0.620. The Labute approximate surface area is 120 Å². The lowest BCUT2D eigenvalue weighted by Gasteiger charge is -2.13. The van der Waals surface area contributed by atoms with Gasteiger partial charge in [0, 0.05) is 16.7 Å². The minimum Gasteiger partial charge on any atom is -0.323 e. The molecule has 0 saturated heterocycles. The van der Waals surface area contributed by atoms with Crippen molar-refractivity contribution in [2.24, 2.45) is 5.73 Å². The summed E-state index contributed by atoms with van der Waals surface area (Å²) in [5, 5.41) is 0. The van der Waals surface area contributed by atoms with Gasteiger partial charge in [0.2, 0.25) is 0 Å². The molecular weight excluding hydrogens is 283 g/mol. The quantitative estimate of drug-likeness (QED) is 0.841. The van der Waals surface area contributed by atoms with Crippen LogP contribution in [0.15, 0.2) is 59.5 Å². The summed E-state index contributed by atoms with van der Waals surface area (Å²) in [7, 11) is 0. The molecule has 0 radical (unpaired) electrons. The highest BCUT2D eigenvalue weighted by Gasteiger charge is 2.30. The van der Waals surface area contributed by atoms with Gasteiger partial charge in [-0.1, -0.05) is 30.3 Å². The van der Waals surface area contributed by atoms with Crippen LogP contribution in [0, 0.1) is 0 Å². The number of rotatable bonds is 4. The molecule has 0 saturated carbocycles. The molecule has 0 aliphatic heterocycles. The lowest BCUT2D eigenvalue weighted by Crippen LogP contribution is -2.13. The second-order valence-corrected chi connectivity index (χ2v) is 5.44. The van der Waals surface area contributed by atoms with Crippen molar-refractivity contribution in [3.05, 3.63) is 65.7 Å². The number of alkyl halides is 3. The summed E-state index contributed by atoms with van der Waals surface area (Å²) in [6, 6.07) is 14.5. The van der Waals surface area contributed by atoms with Crippen molar-refractivity contribution >= 4 is 11.8 Å². The molecule has 2 N–H and O–H groups in total. The Balaban J connectivity index is 1.97. The van der Waals surface area contributed by atoms with Crippen LogP contribution in [-0.4, -0.2) is 5.75 Å². The van der Waals surface area contributed by atoms with Crippen LogP contribution in [0.5, 0.6) is 0 Å². The highest BCUT2D eigenvalue weighted by molar-refractivity contribution is 7.99. The predicted octanol–water partition coefficient (Wildman–Crippen LogP) is 4.50. The molecule has 0 aliphatic carbocycles. The molecule has 106 valence electrons. The van der Waals surface area contributed by atoms with E-state index in [4.69, 9.17) is 5.73 Å². The summed E-state index contributed by atoms with van der Waals surface area (Å²) in [6.45, 7) is 0. The third-order valence-electron chi connectivity index (χ3n) is 2.84. The van der Waals surface area contributed by atoms with Crippen LogP contribution >= 0.6 is 11.8 Å². The van der Waals surface area contributed by atoms with Gasteiger partial charge in [-0.2, -0.15) is 13.2 Å². The summed E-state index contributed by atoms with van der Waals surface area (Å²) >= 11 is 1.59. The summed E-state index contributed by atoms with van der Waals surface area (Å²) in [4.78, 5) is 1.09. The fourth-order valence-electron chi connectivity index (χ4n) is 1.72. The number of hydrogen-bond acceptors (Lipinski definition) is 2. The Hall–Kier alpha value is -1.46. The molecule has 0 fully saturated rings. The number of halogens is 3. The largest absolute Gasteiger partial charge is 0.416 e. The zero-order chi connectivity index (χ0) is 14.6. The van der Waals surface area contributed by atoms with Crippen molar-refractivity contribution in [3.63, 3.8) is 0 Å². The van der Waals surface area contributed by atoms with Crippen LogP contribution < -0.4 is 5.73 Å². The SMILES string of the molecule is NC(CSc1ccccc1)c1ccc(C(F)(F)F)cc1. The van der Waals surface area contributed by atoms with Crippen LogP contribution in [-0.2, 0) is 6.18 Å². The predicted molar refractivity (Wildman–Crippen MR) is 75.5 cm³/mol. The fraction of sp³-hybridized carbons (Fsp3) is 0.200. The third-order valence-corrected chi connectivity index (χ3v) is 3.97. The normalized spacial score (nSPS) is 13.2. The monoisotopic (exact) mass is 297 g/mol. The maximum absolute atomic E-state index is 12.5. The molecule has 0 aromatic heterocycles. The Morgan fingerprint density at radius 3 is 2.10 bits per heavy atom. The van der Waals surface area contributed by atoms with Crippen molar-refractivity contribution in [3.8, 4) is 0 Å².